The lowest BCUT2D eigenvalue weighted by molar-refractivity contribution is 0.242. The summed E-state index contributed by atoms with van der Waals surface area (Å²) in [6.07, 6.45) is 9.98. The summed E-state index contributed by atoms with van der Waals surface area (Å²) in [5.41, 5.74) is 5.59. The molecule has 0 saturated heterocycles. The van der Waals surface area contributed by atoms with E-state index >= 15 is 0 Å². The van der Waals surface area contributed by atoms with E-state index in [4.69, 9.17) is 5.73 Å². The summed E-state index contributed by atoms with van der Waals surface area (Å²) in [5.74, 6) is 0.794. The number of hydrogen-bond donors (Lipinski definition) is 1. The highest BCUT2D eigenvalue weighted by atomic mass is 15.4. The molecule has 1 aromatic heterocycles. The van der Waals surface area contributed by atoms with Gasteiger partial charge in [-0.1, -0.05) is 18.1 Å². The van der Waals surface area contributed by atoms with Crippen molar-refractivity contribution in [1.29, 1.82) is 0 Å². The van der Waals surface area contributed by atoms with Gasteiger partial charge in [0, 0.05) is 6.20 Å². The summed E-state index contributed by atoms with van der Waals surface area (Å²) in [6.45, 7) is 0.814. The number of nitrogens with two attached hydrogens (primary N) is 1. The molecular formula is C10H18N4. The van der Waals surface area contributed by atoms with Crippen LogP contribution in [-0.2, 0) is 0 Å². The van der Waals surface area contributed by atoms with E-state index in [1.165, 1.54) is 25.7 Å². The molecule has 1 fully saturated rings. The van der Waals surface area contributed by atoms with Crippen LogP contribution in [-0.4, -0.2) is 21.5 Å². The highest BCUT2D eigenvalue weighted by molar-refractivity contribution is 4.79. The lowest BCUT2D eigenvalue weighted by Gasteiger charge is -2.28. The van der Waals surface area contributed by atoms with Crippen LogP contribution in [0.4, 0.5) is 0 Å². The first kappa shape index (κ1) is 9.65. The summed E-state index contributed by atoms with van der Waals surface area (Å²) >= 11 is 0. The Kier molecular flexibility index (Phi) is 3.14. The van der Waals surface area contributed by atoms with Crippen molar-refractivity contribution >= 4 is 0 Å². The molecule has 1 saturated carbocycles. The minimum Gasteiger partial charge on any atom is -0.330 e. The predicted molar refractivity (Wildman–Crippen MR) is 54.7 cm³/mol. The second-order valence-corrected chi connectivity index (χ2v) is 4.15. The summed E-state index contributed by atoms with van der Waals surface area (Å²) in [5, 5.41) is 7.93. The van der Waals surface area contributed by atoms with Crippen LogP contribution in [0.5, 0.6) is 0 Å². The molecule has 0 bridgehead atoms. The number of hydrogen-bond acceptors (Lipinski definition) is 3. The van der Waals surface area contributed by atoms with Gasteiger partial charge in [-0.15, -0.1) is 5.10 Å². The molecule has 0 amide bonds. The van der Waals surface area contributed by atoms with Crippen LogP contribution in [0.25, 0.3) is 0 Å². The Balaban J connectivity index is 1.94. The van der Waals surface area contributed by atoms with Crippen LogP contribution >= 0.6 is 0 Å². The molecule has 0 spiro atoms. The van der Waals surface area contributed by atoms with Crippen LogP contribution < -0.4 is 5.73 Å². The minimum absolute atomic E-state index is 0.558. The Morgan fingerprint density at radius 2 is 2.36 bits per heavy atom. The average Bonchev–Trinajstić information content (AvgIpc) is 2.71. The highest BCUT2D eigenvalue weighted by Gasteiger charge is 2.22. The molecule has 2 atom stereocenters. The number of aromatic nitrogens is 3. The first-order valence-electron chi connectivity index (χ1n) is 5.46. The summed E-state index contributed by atoms with van der Waals surface area (Å²) in [7, 11) is 0. The smallest absolute Gasteiger partial charge is 0.0693 e. The van der Waals surface area contributed by atoms with Crippen molar-refractivity contribution in [2.24, 2.45) is 11.7 Å². The first-order valence-corrected chi connectivity index (χ1v) is 5.46. The molecule has 14 heavy (non-hydrogen) atoms. The molecule has 1 aromatic rings. The molecule has 1 aliphatic carbocycles. The van der Waals surface area contributed by atoms with Crippen LogP contribution in [0.2, 0.25) is 0 Å². The largest absolute Gasteiger partial charge is 0.330 e. The van der Waals surface area contributed by atoms with E-state index < -0.39 is 0 Å². The molecule has 2 rings (SSSR count). The lowest BCUT2D eigenvalue weighted by Crippen LogP contribution is -2.21. The zero-order chi connectivity index (χ0) is 9.80. The van der Waals surface area contributed by atoms with E-state index in [1.807, 2.05) is 10.9 Å². The zero-order valence-corrected chi connectivity index (χ0v) is 8.47. The summed E-state index contributed by atoms with van der Waals surface area (Å²) in [4.78, 5) is 0. The van der Waals surface area contributed by atoms with E-state index in [9.17, 15) is 0 Å². The van der Waals surface area contributed by atoms with Gasteiger partial charge in [0.15, 0.2) is 0 Å². The van der Waals surface area contributed by atoms with Gasteiger partial charge in [-0.05, 0) is 31.7 Å². The fourth-order valence-corrected chi connectivity index (χ4v) is 2.41. The predicted octanol–water partition coefficient (Wildman–Crippen LogP) is 1.36. The molecule has 4 heteroatoms. The van der Waals surface area contributed by atoms with E-state index in [0.717, 1.165) is 18.9 Å². The second-order valence-electron chi connectivity index (χ2n) is 4.15. The Labute approximate surface area is 84.5 Å². The van der Waals surface area contributed by atoms with Crippen molar-refractivity contribution in [3.05, 3.63) is 12.4 Å². The Bertz CT molecular complexity index is 255. The molecule has 0 radical (unpaired) electrons. The van der Waals surface area contributed by atoms with Crippen molar-refractivity contribution < 1.29 is 0 Å². The minimum atomic E-state index is 0.558. The molecule has 2 N–H and O–H groups in total. The van der Waals surface area contributed by atoms with E-state index in [0.29, 0.717) is 6.04 Å². The third-order valence-electron chi connectivity index (χ3n) is 3.15. The van der Waals surface area contributed by atoms with E-state index in [2.05, 4.69) is 10.3 Å². The normalized spacial score (nSPS) is 27.8. The maximum absolute atomic E-state index is 5.59. The van der Waals surface area contributed by atoms with E-state index in [-0.39, 0.29) is 0 Å². The zero-order valence-electron chi connectivity index (χ0n) is 8.47. The number of nitrogens with zero attached hydrogens (tertiary/aromatic N) is 3. The third-order valence-corrected chi connectivity index (χ3v) is 3.15. The first-order chi connectivity index (χ1) is 6.90. The van der Waals surface area contributed by atoms with Crippen LogP contribution in [0.1, 0.15) is 38.1 Å². The van der Waals surface area contributed by atoms with Gasteiger partial charge in [-0.2, -0.15) is 0 Å². The van der Waals surface area contributed by atoms with Gasteiger partial charge in [0.2, 0.25) is 0 Å². The van der Waals surface area contributed by atoms with Crippen molar-refractivity contribution in [3.63, 3.8) is 0 Å². The molecule has 78 valence electrons. The van der Waals surface area contributed by atoms with Gasteiger partial charge in [0.05, 0.1) is 12.2 Å². The Morgan fingerprint density at radius 3 is 3.07 bits per heavy atom. The Hall–Kier alpha value is -0.900. The molecule has 0 aliphatic heterocycles. The summed E-state index contributed by atoms with van der Waals surface area (Å²) in [6, 6.07) is 0.558. The molecule has 1 aliphatic rings. The van der Waals surface area contributed by atoms with Crippen LogP contribution in [0.3, 0.4) is 0 Å². The van der Waals surface area contributed by atoms with Crippen molar-refractivity contribution in [3.8, 4) is 0 Å². The van der Waals surface area contributed by atoms with Gasteiger partial charge in [0.25, 0.3) is 0 Å². The van der Waals surface area contributed by atoms with Crippen LogP contribution in [0.15, 0.2) is 12.4 Å². The average molecular weight is 194 g/mol. The standard InChI is InChI=1S/C10H18N4/c11-5-4-9-2-1-3-10(8-9)14-7-6-12-13-14/h6-7,9-10H,1-5,8,11H2. The van der Waals surface area contributed by atoms with Crippen LogP contribution in [0, 0.1) is 5.92 Å². The molecule has 2 unspecified atom stereocenters. The van der Waals surface area contributed by atoms with Gasteiger partial charge in [-0.25, -0.2) is 4.68 Å². The topological polar surface area (TPSA) is 56.7 Å². The van der Waals surface area contributed by atoms with Crippen molar-refractivity contribution in [2.45, 2.75) is 38.1 Å². The Morgan fingerprint density at radius 1 is 1.43 bits per heavy atom. The van der Waals surface area contributed by atoms with Crippen molar-refractivity contribution in [1.82, 2.24) is 15.0 Å². The van der Waals surface area contributed by atoms with Gasteiger partial charge < -0.3 is 5.73 Å². The number of rotatable bonds is 3. The highest BCUT2D eigenvalue weighted by Crippen LogP contribution is 2.33. The SMILES string of the molecule is NCCC1CCCC(n2ccnn2)C1. The van der Waals surface area contributed by atoms with Gasteiger partial charge >= 0.3 is 0 Å². The maximum atomic E-state index is 5.59. The monoisotopic (exact) mass is 194 g/mol. The molecule has 0 aromatic carbocycles. The fourth-order valence-electron chi connectivity index (χ4n) is 2.41. The molecular weight excluding hydrogens is 176 g/mol. The van der Waals surface area contributed by atoms with Crippen molar-refractivity contribution in [2.75, 3.05) is 6.54 Å². The lowest BCUT2D eigenvalue weighted by atomic mass is 9.84. The molecule has 1 heterocycles. The fraction of sp³-hybridized carbons (Fsp3) is 0.800. The molecule has 4 nitrogen and oxygen atoms in total. The van der Waals surface area contributed by atoms with E-state index in [1.54, 1.807) is 6.20 Å². The summed E-state index contributed by atoms with van der Waals surface area (Å²) < 4.78 is 2.00. The van der Waals surface area contributed by atoms with Gasteiger partial charge in [0.1, 0.15) is 0 Å². The second kappa shape index (κ2) is 4.55. The maximum Gasteiger partial charge on any atom is 0.0693 e. The third kappa shape index (κ3) is 2.12. The van der Waals surface area contributed by atoms with Gasteiger partial charge in [-0.3, -0.25) is 0 Å². The quantitative estimate of drug-likeness (QED) is 0.790.